The Kier molecular flexibility index (Phi) is 5.20. The Balaban J connectivity index is 1.70. The van der Waals surface area contributed by atoms with Crippen molar-refractivity contribution in [3.05, 3.63) is 54.0 Å². The number of ether oxygens (including phenoxy) is 2. The fourth-order valence-corrected chi connectivity index (χ4v) is 2.72. The standard InChI is InChI=1S/C19H23NO4/c1-14(12-22-2)24-18-5-3-4-15(10-18)11-20(17-6-7-17)19(21)16-8-9-23-13-16/h3-5,8-10,13-14,17H,6-7,11-12H2,1-2H3/t14-/m1/s1. The largest absolute Gasteiger partial charge is 0.488 e. The molecule has 1 amide bonds. The third-order valence-electron chi connectivity index (χ3n) is 4.01. The lowest BCUT2D eigenvalue weighted by Crippen LogP contribution is -2.32. The van der Waals surface area contributed by atoms with Crippen LogP contribution in [0.4, 0.5) is 0 Å². The number of carbonyl (C=O) groups excluding carboxylic acids is 1. The molecule has 5 nitrogen and oxygen atoms in total. The van der Waals surface area contributed by atoms with E-state index in [4.69, 9.17) is 13.9 Å². The predicted octanol–water partition coefficient (Wildman–Crippen LogP) is 3.50. The summed E-state index contributed by atoms with van der Waals surface area (Å²) in [4.78, 5) is 14.6. The first kappa shape index (κ1) is 16.6. The van der Waals surface area contributed by atoms with E-state index in [0.29, 0.717) is 24.8 Å². The van der Waals surface area contributed by atoms with E-state index in [9.17, 15) is 4.79 Å². The van der Waals surface area contributed by atoms with Crippen molar-refractivity contribution < 1.29 is 18.7 Å². The van der Waals surface area contributed by atoms with Crippen LogP contribution in [0.1, 0.15) is 35.7 Å². The molecule has 0 aliphatic heterocycles. The molecule has 0 saturated heterocycles. The molecule has 1 aliphatic rings. The second-order valence-electron chi connectivity index (χ2n) is 6.21. The number of rotatable bonds is 8. The summed E-state index contributed by atoms with van der Waals surface area (Å²) in [6.45, 7) is 3.08. The van der Waals surface area contributed by atoms with Gasteiger partial charge in [0.15, 0.2) is 0 Å². The van der Waals surface area contributed by atoms with Crippen LogP contribution in [0.2, 0.25) is 0 Å². The first-order valence-electron chi connectivity index (χ1n) is 8.25. The molecule has 1 aromatic carbocycles. The van der Waals surface area contributed by atoms with Crippen molar-refractivity contribution in [2.45, 2.75) is 38.5 Å². The van der Waals surface area contributed by atoms with Crippen LogP contribution in [0.5, 0.6) is 5.75 Å². The van der Waals surface area contributed by atoms with Gasteiger partial charge in [0.2, 0.25) is 0 Å². The minimum Gasteiger partial charge on any atom is -0.488 e. The molecule has 3 rings (SSSR count). The summed E-state index contributed by atoms with van der Waals surface area (Å²) in [6, 6.07) is 9.93. The normalized spacial score (nSPS) is 15.1. The van der Waals surface area contributed by atoms with Crippen molar-refractivity contribution in [1.82, 2.24) is 4.90 Å². The molecule has 0 unspecified atom stereocenters. The molecule has 128 valence electrons. The fraction of sp³-hybridized carbons (Fsp3) is 0.421. The van der Waals surface area contributed by atoms with Gasteiger partial charge in [-0.3, -0.25) is 4.79 Å². The number of furan rings is 1. The van der Waals surface area contributed by atoms with Crippen LogP contribution in [0.25, 0.3) is 0 Å². The molecule has 1 aliphatic carbocycles. The maximum absolute atomic E-state index is 12.7. The van der Waals surface area contributed by atoms with Gasteiger partial charge in [-0.2, -0.15) is 0 Å². The van der Waals surface area contributed by atoms with Gasteiger partial charge >= 0.3 is 0 Å². The molecule has 1 aromatic heterocycles. The minimum absolute atomic E-state index is 0.0163. The molecule has 0 radical (unpaired) electrons. The SMILES string of the molecule is COC[C@@H](C)Oc1cccc(CN(C(=O)c2ccoc2)C2CC2)c1. The van der Waals surface area contributed by atoms with Crippen molar-refractivity contribution >= 4 is 5.91 Å². The van der Waals surface area contributed by atoms with Gasteiger partial charge in [-0.15, -0.1) is 0 Å². The van der Waals surface area contributed by atoms with E-state index in [-0.39, 0.29) is 12.0 Å². The summed E-state index contributed by atoms with van der Waals surface area (Å²) in [5.41, 5.74) is 1.66. The van der Waals surface area contributed by atoms with E-state index in [2.05, 4.69) is 0 Å². The van der Waals surface area contributed by atoms with Crippen LogP contribution in [0.3, 0.4) is 0 Å². The van der Waals surface area contributed by atoms with Gasteiger partial charge in [0, 0.05) is 19.7 Å². The van der Waals surface area contributed by atoms with Gasteiger partial charge in [0.1, 0.15) is 18.1 Å². The Bertz CT molecular complexity index is 664. The van der Waals surface area contributed by atoms with Gasteiger partial charge in [0.25, 0.3) is 5.91 Å². The molecule has 0 spiro atoms. The smallest absolute Gasteiger partial charge is 0.257 e. The topological polar surface area (TPSA) is 51.9 Å². The van der Waals surface area contributed by atoms with E-state index in [1.54, 1.807) is 13.2 Å². The Morgan fingerprint density at radius 1 is 1.38 bits per heavy atom. The highest BCUT2D eigenvalue weighted by Gasteiger charge is 2.33. The second kappa shape index (κ2) is 7.53. The second-order valence-corrected chi connectivity index (χ2v) is 6.21. The third-order valence-corrected chi connectivity index (χ3v) is 4.01. The quantitative estimate of drug-likeness (QED) is 0.744. The average Bonchev–Trinajstić information content (AvgIpc) is 3.26. The summed E-state index contributed by atoms with van der Waals surface area (Å²) in [5.74, 6) is 0.814. The lowest BCUT2D eigenvalue weighted by molar-refractivity contribution is 0.0728. The Morgan fingerprint density at radius 2 is 2.21 bits per heavy atom. The van der Waals surface area contributed by atoms with Crippen LogP contribution in [-0.2, 0) is 11.3 Å². The average molecular weight is 329 g/mol. The molecule has 0 bridgehead atoms. The van der Waals surface area contributed by atoms with E-state index in [0.717, 1.165) is 24.2 Å². The van der Waals surface area contributed by atoms with Gasteiger partial charge < -0.3 is 18.8 Å². The monoisotopic (exact) mass is 329 g/mol. The molecule has 1 heterocycles. The highest BCUT2D eigenvalue weighted by atomic mass is 16.5. The number of amides is 1. The van der Waals surface area contributed by atoms with Crippen molar-refractivity contribution in [3.63, 3.8) is 0 Å². The molecule has 5 heteroatoms. The van der Waals surface area contributed by atoms with Crippen molar-refractivity contribution in [2.24, 2.45) is 0 Å². The first-order chi connectivity index (χ1) is 11.7. The number of hydrogen-bond acceptors (Lipinski definition) is 4. The summed E-state index contributed by atoms with van der Waals surface area (Å²) >= 11 is 0. The van der Waals surface area contributed by atoms with Crippen LogP contribution < -0.4 is 4.74 Å². The molecular formula is C19H23NO4. The van der Waals surface area contributed by atoms with Crippen LogP contribution in [-0.4, -0.2) is 36.7 Å². The van der Waals surface area contributed by atoms with Crippen LogP contribution in [0, 0.1) is 0 Å². The zero-order valence-electron chi connectivity index (χ0n) is 14.1. The molecule has 2 aromatic rings. The molecule has 1 atom stereocenters. The van der Waals surface area contributed by atoms with Crippen LogP contribution >= 0.6 is 0 Å². The van der Waals surface area contributed by atoms with Crippen molar-refractivity contribution in [1.29, 1.82) is 0 Å². The van der Waals surface area contributed by atoms with E-state index in [1.165, 1.54) is 12.5 Å². The maximum atomic E-state index is 12.7. The van der Waals surface area contributed by atoms with Gasteiger partial charge in [-0.1, -0.05) is 12.1 Å². The molecule has 1 fully saturated rings. The van der Waals surface area contributed by atoms with E-state index < -0.39 is 0 Å². The van der Waals surface area contributed by atoms with Gasteiger partial charge in [-0.05, 0) is 43.5 Å². The highest BCUT2D eigenvalue weighted by molar-refractivity contribution is 5.94. The zero-order chi connectivity index (χ0) is 16.9. The highest BCUT2D eigenvalue weighted by Crippen LogP contribution is 2.30. The summed E-state index contributed by atoms with van der Waals surface area (Å²) in [7, 11) is 1.66. The number of methoxy groups -OCH3 is 1. The zero-order valence-corrected chi connectivity index (χ0v) is 14.1. The molecule has 1 saturated carbocycles. The number of nitrogens with zero attached hydrogens (tertiary/aromatic N) is 1. The van der Waals surface area contributed by atoms with E-state index >= 15 is 0 Å². The third kappa shape index (κ3) is 4.17. The minimum atomic E-state index is -0.0163. The Hall–Kier alpha value is -2.27. The maximum Gasteiger partial charge on any atom is 0.257 e. The van der Waals surface area contributed by atoms with Crippen molar-refractivity contribution in [2.75, 3.05) is 13.7 Å². The fourth-order valence-electron chi connectivity index (χ4n) is 2.72. The Morgan fingerprint density at radius 3 is 2.88 bits per heavy atom. The molecule has 0 N–H and O–H groups in total. The van der Waals surface area contributed by atoms with Gasteiger partial charge in [0.05, 0.1) is 18.4 Å². The lowest BCUT2D eigenvalue weighted by atomic mass is 10.1. The number of benzene rings is 1. The summed E-state index contributed by atoms with van der Waals surface area (Å²) in [6.07, 6.45) is 5.14. The predicted molar refractivity (Wildman–Crippen MR) is 90.0 cm³/mol. The molecule has 24 heavy (non-hydrogen) atoms. The first-order valence-corrected chi connectivity index (χ1v) is 8.25. The molecular weight excluding hydrogens is 306 g/mol. The van der Waals surface area contributed by atoms with Crippen LogP contribution in [0.15, 0.2) is 47.3 Å². The summed E-state index contributed by atoms with van der Waals surface area (Å²) < 4.78 is 16.0. The van der Waals surface area contributed by atoms with E-state index in [1.807, 2.05) is 36.1 Å². The Labute approximate surface area is 142 Å². The van der Waals surface area contributed by atoms with Gasteiger partial charge in [-0.25, -0.2) is 0 Å². The number of carbonyl (C=O) groups is 1. The lowest BCUT2D eigenvalue weighted by Gasteiger charge is -2.22. The number of hydrogen-bond donors (Lipinski definition) is 0. The van der Waals surface area contributed by atoms with Crippen molar-refractivity contribution in [3.8, 4) is 5.75 Å². The summed E-state index contributed by atoms with van der Waals surface area (Å²) in [5, 5.41) is 0.